The molecule has 0 aromatic carbocycles. The van der Waals surface area contributed by atoms with Crippen LogP contribution < -0.4 is 0 Å². The average Bonchev–Trinajstić information content (AvgIpc) is 2.01. The van der Waals surface area contributed by atoms with Gasteiger partial charge in [-0.2, -0.15) is 0 Å². The van der Waals surface area contributed by atoms with Crippen molar-refractivity contribution in [2.45, 2.75) is 51.9 Å². The Morgan fingerprint density at radius 3 is 2.00 bits per heavy atom. The van der Waals surface area contributed by atoms with E-state index in [9.17, 15) is 4.79 Å². The third kappa shape index (κ3) is 3.60. The molecule has 2 nitrogen and oxygen atoms in total. The highest BCUT2D eigenvalue weighted by molar-refractivity contribution is 9.10. The maximum Gasteiger partial charge on any atom is 0.237 e. The van der Waals surface area contributed by atoms with Crippen molar-refractivity contribution in [2.24, 2.45) is 5.92 Å². The van der Waals surface area contributed by atoms with Gasteiger partial charge in [0.1, 0.15) is 0 Å². The van der Waals surface area contributed by atoms with Gasteiger partial charge in [-0.05, 0) is 33.6 Å². The first-order chi connectivity index (χ1) is 6.21. The lowest BCUT2D eigenvalue weighted by Crippen LogP contribution is -2.49. The van der Waals surface area contributed by atoms with Crippen LogP contribution in [0.4, 0.5) is 0 Å². The predicted octanol–water partition coefficient (Wildman–Crippen LogP) is 3.05. The van der Waals surface area contributed by atoms with E-state index in [0.717, 1.165) is 6.54 Å². The van der Waals surface area contributed by atoms with Crippen LogP contribution in [0.1, 0.15) is 41.5 Å². The zero-order valence-electron chi connectivity index (χ0n) is 10.1. The van der Waals surface area contributed by atoms with Gasteiger partial charge in [-0.25, -0.2) is 0 Å². The zero-order chi connectivity index (χ0) is 11.5. The first-order valence-electron chi connectivity index (χ1n) is 5.17. The standard InChI is InChI=1S/C11H22BrNO/c1-7-13(11(4,5)6)10(14)9(12)8(2)3/h8-9H,7H2,1-6H3. The number of carbonyl (C=O) groups excluding carboxylic acids is 1. The summed E-state index contributed by atoms with van der Waals surface area (Å²) in [6.45, 7) is 13.1. The zero-order valence-corrected chi connectivity index (χ0v) is 11.7. The van der Waals surface area contributed by atoms with E-state index in [1.54, 1.807) is 0 Å². The topological polar surface area (TPSA) is 20.3 Å². The SMILES string of the molecule is CCN(C(=O)C(Br)C(C)C)C(C)(C)C. The van der Waals surface area contributed by atoms with Crippen molar-refractivity contribution in [3.63, 3.8) is 0 Å². The van der Waals surface area contributed by atoms with Gasteiger partial charge in [-0.3, -0.25) is 4.79 Å². The molecular weight excluding hydrogens is 242 g/mol. The molecule has 0 aliphatic heterocycles. The molecule has 0 aliphatic carbocycles. The molecule has 84 valence electrons. The summed E-state index contributed by atoms with van der Waals surface area (Å²) in [6.07, 6.45) is 0. The van der Waals surface area contributed by atoms with E-state index in [2.05, 4.69) is 36.7 Å². The molecule has 0 fully saturated rings. The maximum absolute atomic E-state index is 12.0. The summed E-state index contributed by atoms with van der Waals surface area (Å²) in [6, 6.07) is 0. The van der Waals surface area contributed by atoms with Gasteiger partial charge in [0, 0.05) is 12.1 Å². The summed E-state index contributed by atoms with van der Waals surface area (Å²) in [7, 11) is 0. The molecule has 0 aliphatic rings. The number of amides is 1. The van der Waals surface area contributed by atoms with Crippen LogP contribution in [0, 0.1) is 5.92 Å². The van der Waals surface area contributed by atoms with Crippen LogP contribution in [0.25, 0.3) is 0 Å². The lowest BCUT2D eigenvalue weighted by molar-refractivity contribution is -0.135. The fraction of sp³-hybridized carbons (Fsp3) is 0.909. The lowest BCUT2D eigenvalue weighted by Gasteiger charge is -2.36. The van der Waals surface area contributed by atoms with E-state index < -0.39 is 0 Å². The summed E-state index contributed by atoms with van der Waals surface area (Å²) in [5, 5.41) is 0. The Morgan fingerprint density at radius 2 is 1.79 bits per heavy atom. The Morgan fingerprint density at radius 1 is 1.36 bits per heavy atom. The number of alkyl halides is 1. The van der Waals surface area contributed by atoms with Crippen molar-refractivity contribution in [1.82, 2.24) is 4.90 Å². The summed E-state index contributed by atoms with van der Waals surface area (Å²) >= 11 is 3.45. The molecule has 1 unspecified atom stereocenters. The molecule has 0 radical (unpaired) electrons. The molecule has 0 aromatic heterocycles. The van der Waals surface area contributed by atoms with E-state index in [0.29, 0.717) is 5.92 Å². The predicted molar refractivity (Wildman–Crippen MR) is 64.7 cm³/mol. The summed E-state index contributed by atoms with van der Waals surface area (Å²) < 4.78 is 0. The Hall–Kier alpha value is -0.0500. The molecule has 0 spiro atoms. The van der Waals surface area contributed by atoms with Crippen molar-refractivity contribution in [2.75, 3.05) is 6.54 Å². The number of halogens is 1. The number of rotatable bonds is 3. The monoisotopic (exact) mass is 263 g/mol. The highest BCUT2D eigenvalue weighted by atomic mass is 79.9. The third-order valence-corrected chi connectivity index (χ3v) is 3.66. The van der Waals surface area contributed by atoms with Gasteiger partial charge < -0.3 is 4.90 Å². The Bertz CT molecular complexity index is 196. The van der Waals surface area contributed by atoms with Gasteiger partial charge in [0.2, 0.25) is 5.91 Å². The van der Waals surface area contributed by atoms with Crippen LogP contribution >= 0.6 is 15.9 Å². The van der Waals surface area contributed by atoms with Gasteiger partial charge in [-0.15, -0.1) is 0 Å². The van der Waals surface area contributed by atoms with E-state index in [-0.39, 0.29) is 16.3 Å². The smallest absolute Gasteiger partial charge is 0.237 e. The molecule has 1 atom stereocenters. The van der Waals surface area contributed by atoms with E-state index >= 15 is 0 Å². The van der Waals surface area contributed by atoms with Crippen LogP contribution in [0.5, 0.6) is 0 Å². The second kappa shape index (κ2) is 5.15. The molecule has 1 amide bonds. The van der Waals surface area contributed by atoms with Crippen LogP contribution in [0.15, 0.2) is 0 Å². The van der Waals surface area contributed by atoms with Crippen molar-refractivity contribution >= 4 is 21.8 Å². The van der Waals surface area contributed by atoms with E-state index in [1.807, 2.05) is 25.7 Å². The van der Waals surface area contributed by atoms with Crippen LogP contribution in [0.3, 0.4) is 0 Å². The summed E-state index contributed by atoms with van der Waals surface area (Å²) in [5.74, 6) is 0.522. The molecule has 0 N–H and O–H groups in total. The van der Waals surface area contributed by atoms with Gasteiger partial charge in [0.15, 0.2) is 0 Å². The van der Waals surface area contributed by atoms with Gasteiger partial charge in [0.25, 0.3) is 0 Å². The quantitative estimate of drug-likeness (QED) is 0.717. The summed E-state index contributed by atoms with van der Waals surface area (Å²) in [4.78, 5) is 13.9. The van der Waals surface area contributed by atoms with Crippen molar-refractivity contribution < 1.29 is 4.79 Å². The molecule has 0 rings (SSSR count). The van der Waals surface area contributed by atoms with E-state index in [1.165, 1.54) is 0 Å². The summed E-state index contributed by atoms with van der Waals surface area (Å²) in [5.41, 5.74) is -0.0905. The third-order valence-electron chi connectivity index (χ3n) is 2.21. The van der Waals surface area contributed by atoms with Gasteiger partial charge >= 0.3 is 0 Å². The van der Waals surface area contributed by atoms with Crippen molar-refractivity contribution in [1.29, 1.82) is 0 Å². The van der Waals surface area contributed by atoms with Crippen LogP contribution in [0.2, 0.25) is 0 Å². The Balaban J connectivity index is 4.64. The minimum absolute atomic E-state index is 0.0679. The van der Waals surface area contributed by atoms with Crippen molar-refractivity contribution in [3.8, 4) is 0 Å². The molecule has 0 saturated heterocycles. The fourth-order valence-electron chi connectivity index (χ4n) is 1.39. The number of nitrogens with zero attached hydrogens (tertiary/aromatic N) is 1. The minimum atomic E-state index is -0.0905. The number of carbonyl (C=O) groups is 1. The first kappa shape index (κ1) is 13.9. The molecule has 3 heteroatoms. The number of hydrogen-bond donors (Lipinski definition) is 0. The lowest BCUT2D eigenvalue weighted by atomic mass is 10.0. The first-order valence-corrected chi connectivity index (χ1v) is 6.09. The maximum atomic E-state index is 12.0. The molecule has 0 bridgehead atoms. The molecular formula is C11H22BrNO. The normalized spacial score (nSPS) is 14.3. The number of hydrogen-bond acceptors (Lipinski definition) is 1. The molecule has 0 aromatic rings. The second-order valence-corrected chi connectivity index (χ2v) is 5.89. The largest absolute Gasteiger partial charge is 0.337 e. The van der Waals surface area contributed by atoms with E-state index in [4.69, 9.17) is 0 Å². The Labute approximate surface area is 96.2 Å². The fourth-order valence-corrected chi connectivity index (χ4v) is 1.64. The highest BCUT2D eigenvalue weighted by Gasteiger charge is 2.30. The molecule has 0 heterocycles. The average molecular weight is 264 g/mol. The second-order valence-electron chi connectivity index (χ2n) is 4.90. The van der Waals surface area contributed by atoms with Gasteiger partial charge in [-0.1, -0.05) is 29.8 Å². The molecule has 0 saturated carbocycles. The highest BCUT2D eigenvalue weighted by Crippen LogP contribution is 2.21. The Kier molecular flexibility index (Phi) is 5.13. The minimum Gasteiger partial charge on any atom is -0.337 e. The molecule has 14 heavy (non-hydrogen) atoms. The van der Waals surface area contributed by atoms with Gasteiger partial charge in [0.05, 0.1) is 4.83 Å². The van der Waals surface area contributed by atoms with Crippen LogP contribution in [-0.2, 0) is 4.79 Å². The van der Waals surface area contributed by atoms with Crippen molar-refractivity contribution in [3.05, 3.63) is 0 Å². The van der Waals surface area contributed by atoms with Crippen LogP contribution in [-0.4, -0.2) is 27.7 Å².